The molecule has 0 radical (unpaired) electrons. The summed E-state index contributed by atoms with van der Waals surface area (Å²) in [7, 11) is 0. The van der Waals surface area contributed by atoms with Gasteiger partial charge in [0.15, 0.2) is 6.61 Å². The van der Waals surface area contributed by atoms with Crippen LogP contribution in [0.3, 0.4) is 0 Å². The third-order valence-corrected chi connectivity index (χ3v) is 3.97. The second-order valence-electron chi connectivity index (χ2n) is 5.79. The summed E-state index contributed by atoms with van der Waals surface area (Å²) in [5.41, 5.74) is 1.94. The normalized spacial score (nSPS) is 10.3. The summed E-state index contributed by atoms with van der Waals surface area (Å²) in [6.07, 6.45) is 0. The van der Waals surface area contributed by atoms with Crippen molar-refractivity contribution in [3.63, 3.8) is 0 Å². The van der Waals surface area contributed by atoms with Crippen molar-refractivity contribution in [1.29, 1.82) is 0 Å². The van der Waals surface area contributed by atoms with E-state index in [1.165, 1.54) is 25.1 Å². The molecular formula is C18H17ClN2O5. The molecule has 26 heavy (non-hydrogen) atoms. The maximum Gasteiger partial charge on any atom is 0.345 e. The smallest absolute Gasteiger partial charge is 0.345 e. The summed E-state index contributed by atoms with van der Waals surface area (Å²) < 4.78 is 4.91. The quantitative estimate of drug-likeness (QED) is 0.483. The third-order valence-electron chi connectivity index (χ3n) is 3.67. The average molecular weight is 377 g/mol. The van der Waals surface area contributed by atoms with Gasteiger partial charge in [-0.2, -0.15) is 0 Å². The van der Waals surface area contributed by atoms with Gasteiger partial charge in [-0.25, -0.2) is 4.79 Å². The summed E-state index contributed by atoms with van der Waals surface area (Å²) in [6.45, 7) is 4.59. The number of esters is 1. The summed E-state index contributed by atoms with van der Waals surface area (Å²) in [5.74, 6) is -1.54. The molecule has 0 aliphatic heterocycles. The lowest BCUT2D eigenvalue weighted by Gasteiger charge is -2.12. The largest absolute Gasteiger partial charge is 0.452 e. The number of benzene rings is 2. The van der Waals surface area contributed by atoms with Crippen molar-refractivity contribution in [2.24, 2.45) is 0 Å². The van der Waals surface area contributed by atoms with Crippen LogP contribution < -0.4 is 5.32 Å². The minimum absolute atomic E-state index is 0.202. The Morgan fingerprint density at radius 2 is 1.88 bits per heavy atom. The van der Waals surface area contributed by atoms with Gasteiger partial charge < -0.3 is 10.1 Å². The van der Waals surface area contributed by atoms with Crippen LogP contribution in [0.25, 0.3) is 0 Å². The number of halogens is 1. The van der Waals surface area contributed by atoms with Gasteiger partial charge in [-0.1, -0.05) is 29.8 Å². The van der Waals surface area contributed by atoms with Gasteiger partial charge in [-0.05, 0) is 44.0 Å². The fraction of sp³-hybridized carbons (Fsp3) is 0.222. The Labute approximate surface area is 155 Å². The summed E-state index contributed by atoms with van der Waals surface area (Å²) in [6, 6.07) is 7.86. The van der Waals surface area contributed by atoms with Crippen LogP contribution in [0.4, 0.5) is 11.4 Å². The number of aryl methyl sites for hydroxylation is 3. The number of hydrogen-bond acceptors (Lipinski definition) is 5. The number of para-hydroxylation sites is 1. The fourth-order valence-electron chi connectivity index (χ4n) is 2.52. The van der Waals surface area contributed by atoms with E-state index in [9.17, 15) is 19.7 Å². The number of anilines is 1. The van der Waals surface area contributed by atoms with Gasteiger partial charge in [-0.15, -0.1) is 0 Å². The number of carbonyl (C=O) groups excluding carboxylic acids is 2. The van der Waals surface area contributed by atoms with E-state index in [2.05, 4.69) is 5.32 Å². The van der Waals surface area contributed by atoms with Crippen molar-refractivity contribution < 1.29 is 19.2 Å². The average Bonchev–Trinajstić information content (AvgIpc) is 2.55. The zero-order valence-electron chi connectivity index (χ0n) is 14.5. The maximum absolute atomic E-state index is 12.1. The molecule has 0 aliphatic carbocycles. The van der Waals surface area contributed by atoms with Crippen LogP contribution in [0, 0.1) is 30.9 Å². The molecule has 2 aromatic carbocycles. The van der Waals surface area contributed by atoms with E-state index in [1.807, 2.05) is 13.0 Å². The molecule has 0 saturated heterocycles. The van der Waals surface area contributed by atoms with Crippen LogP contribution >= 0.6 is 11.6 Å². The van der Waals surface area contributed by atoms with Crippen LogP contribution in [0.1, 0.15) is 27.0 Å². The number of nitro benzene ring substituents is 1. The van der Waals surface area contributed by atoms with Gasteiger partial charge >= 0.3 is 5.97 Å². The molecule has 1 amide bonds. The Balaban J connectivity index is 2.08. The number of nitro groups is 1. The van der Waals surface area contributed by atoms with Gasteiger partial charge in [0.25, 0.3) is 11.6 Å². The zero-order valence-corrected chi connectivity index (χ0v) is 15.2. The van der Waals surface area contributed by atoms with Crippen molar-refractivity contribution in [2.45, 2.75) is 20.8 Å². The Hall–Kier alpha value is -2.93. The molecule has 0 bridgehead atoms. The molecule has 0 fully saturated rings. The molecule has 0 atom stereocenters. The number of amides is 1. The second kappa shape index (κ2) is 7.97. The summed E-state index contributed by atoms with van der Waals surface area (Å²) in [4.78, 5) is 34.6. The molecule has 0 saturated carbocycles. The minimum atomic E-state index is -0.942. The molecule has 8 heteroatoms. The predicted molar refractivity (Wildman–Crippen MR) is 97.7 cm³/mol. The van der Waals surface area contributed by atoms with Crippen molar-refractivity contribution in [3.8, 4) is 0 Å². The highest BCUT2D eigenvalue weighted by Crippen LogP contribution is 2.27. The molecule has 0 spiro atoms. The highest BCUT2D eigenvalue weighted by molar-refractivity contribution is 6.34. The number of carbonyl (C=O) groups is 2. The lowest BCUT2D eigenvalue weighted by molar-refractivity contribution is -0.385. The van der Waals surface area contributed by atoms with Crippen LogP contribution in [0.5, 0.6) is 0 Å². The van der Waals surface area contributed by atoms with Gasteiger partial charge in [0.2, 0.25) is 0 Å². The van der Waals surface area contributed by atoms with E-state index >= 15 is 0 Å². The highest BCUT2D eigenvalue weighted by Gasteiger charge is 2.24. The lowest BCUT2D eigenvalue weighted by Crippen LogP contribution is -2.22. The lowest BCUT2D eigenvalue weighted by atomic mass is 10.1. The number of ether oxygens (including phenoxy) is 1. The molecular weight excluding hydrogens is 360 g/mol. The third kappa shape index (κ3) is 4.37. The monoisotopic (exact) mass is 376 g/mol. The first kappa shape index (κ1) is 19.4. The molecule has 2 aromatic rings. The van der Waals surface area contributed by atoms with Gasteiger partial charge in [-0.3, -0.25) is 14.9 Å². The number of nitrogens with zero attached hydrogens (tertiary/aromatic N) is 1. The fourth-order valence-corrected chi connectivity index (χ4v) is 2.89. The maximum atomic E-state index is 12.1. The van der Waals surface area contributed by atoms with Crippen LogP contribution in [0.15, 0.2) is 30.3 Å². The summed E-state index contributed by atoms with van der Waals surface area (Å²) >= 11 is 6.11. The highest BCUT2D eigenvalue weighted by atomic mass is 35.5. The SMILES string of the molecule is Cc1cc(C)c(NC(=O)COC(=O)c2cccc(C)c2[N+](=O)[O-])c(Cl)c1. The Morgan fingerprint density at radius 1 is 1.19 bits per heavy atom. The van der Waals surface area contributed by atoms with E-state index in [4.69, 9.17) is 16.3 Å². The minimum Gasteiger partial charge on any atom is -0.452 e. The molecule has 0 unspecified atom stereocenters. The standard InChI is InChI=1S/C18H17ClN2O5/c1-10-7-12(3)16(14(19)8-10)20-15(22)9-26-18(23)13-6-4-5-11(2)17(13)21(24)25/h4-8H,9H2,1-3H3,(H,20,22). The molecule has 136 valence electrons. The Kier molecular flexibility index (Phi) is 5.94. The second-order valence-corrected chi connectivity index (χ2v) is 6.20. The van der Waals surface area contributed by atoms with Gasteiger partial charge in [0, 0.05) is 5.56 Å². The Morgan fingerprint density at radius 3 is 2.50 bits per heavy atom. The van der Waals surface area contributed by atoms with Crippen molar-refractivity contribution in [3.05, 3.63) is 67.7 Å². The van der Waals surface area contributed by atoms with E-state index < -0.39 is 23.4 Å². The molecule has 0 aliphatic rings. The van der Waals surface area contributed by atoms with E-state index in [1.54, 1.807) is 13.0 Å². The number of hydrogen-bond donors (Lipinski definition) is 1. The molecule has 0 heterocycles. The van der Waals surface area contributed by atoms with Gasteiger partial charge in [0.05, 0.1) is 15.6 Å². The molecule has 1 N–H and O–H groups in total. The molecule has 0 aromatic heterocycles. The van der Waals surface area contributed by atoms with Crippen LogP contribution in [-0.2, 0) is 9.53 Å². The zero-order chi connectivity index (χ0) is 19.4. The van der Waals surface area contributed by atoms with Crippen LogP contribution in [0.2, 0.25) is 5.02 Å². The first-order chi connectivity index (χ1) is 12.2. The van der Waals surface area contributed by atoms with Gasteiger partial charge in [0.1, 0.15) is 5.56 Å². The van der Waals surface area contributed by atoms with E-state index in [0.717, 1.165) is 11.1 Å². The van der Waals surface area contributed by atoms with Crippen LogP contribution in [-0.4, -0.2) is 23.4 Å². The van der Waals surface area contributed by atoms with Crippen molar-refractivity contribution in [1.82, 2.24) is 0 Å². The van der Waals surface area contributed by atoms with Crippen molar-refractivity contribution >= 4 is 34.9 Å². The van der Waals surface area contributed by atoms with Crippen molar-refractivity contribution in [2.75, 3.05) is 11.9 Å². The topological polar surface area (TPSA) is 98.5 Å². The first-order valence-electron chi connectivity index (χ1n) is 7.68. The summed E-state index contributed by atoms with van der Waals surface area (Å²) in [5, 5.41) is 14.1. The molecule has 2 rings (SSSR count). The van der Waals surface area contributed by atoms with E-state index in [-0.39, 0.29) is 11.3 Å². The number of rotatable bonds is 5. The predicted octanol–water partition coefficient (Wildman–Crippen LogP) is 3.97. The first-order valence-corrected chi connectivity index (χ1v) is 8.06. The Bertz CT molecular complexity index is 872. The number of nitrogens with one attached hydrogen (secondary N) is 1. The van der Waals surface area contributed by atoms with E-state index in [0.29, 0.717) is 16.3 Å². The molecule has 7 nitrogen and oxygen atoms in total.